The molecule has 0 aliphatic rings. The van der Waals surface area contributed by atoms with Crippen LogP contribution < -0.4 is 0 Å². The Morgan fingerprint density at radius 1 is 0.737 bits per heavy atom. The summed E-state index contributed by atoms with van der Waals surface area (Å²) in [5, 5.41) is 10.1. The lowest BCUT2D eigenvalue weighted by molar-refractivity contribution is 0.228. The van der Waals surface area contributed by atoms with E-state index in [0.717, 1.165) is 12.8 Å². The van der Waals surface area contributed by atoms with E-state index in [-0.39, 0.29) is 0 Å². The fourth-order valence-electron chi connectivity index (χ4n) is 1.68. The van der Waals surface area contributed by atoms with Crippen molar-refractivity contribution in [2.45, 2.75) is 68.2 Å². The van der Waals surface area contributed by atoms with Gasteiger partial charge in [0.05, 0.1) is 0 Å². The molecule has 0 aliphatic carbocycles. The summed E-state index contributed by atoms with van der Waals surface area (Å²) in [6.07, 6.45) is 9.76. The van der Waals surface area contributed by atoms with Crippen LogP contribution in [-0.4, -0.2) is 15.0 Å². The third kappa shape index (κ3) is 7.78. The standard InChI is InChI=1S/C12H20Br6O/c1-2-3-4-5-6-7-8-9-10(13,14)11(15,16)12(17,18)19/h19H,2-9H2,1H3. The minimum absolute atomic E-state index is 0.460. The van der Waals surface area contributed by atoms with Gasteiger partial charge in [0, 0.05) is 0 Å². The van der Waals surface area contributed by atoms with Gasteiger partial charge in [0.25, 0.3) is 0 Å². The molecule has 0 aromatic carbocycles. The Hall–Kier alpha value is 2.84. The van der Waals surface area contributed by atoms with E-state index in [4.69, 9.17) is 0 Å². The Kier molecular flexibility index (Phi) is 11.3. The quantitative estimate of drug-likeness (QED) is 0.190. The van der Waals surface area contributed by atoms with E-state index in [2.05, 4.69) is 103 Å². The van der Waals surface area contributed by atoms with Crippen LogP contribution in [0.2, 0.25) is 0 Å². The molecule has 0 aromatic heterocycles. The highest BCUT2D eigenvalue weighted by Gasteiger charge is 2.56. The number of hydrogen-bond acceptors (Lipinski definition) is 1. The Labute approximate surface area is 167 Å². The van der Waals surface area contributed by atoms with Gasteiger partial charge in [-0.2, -0.15) is 0 Å². The highest BCUT2D eigenvalue weighted by atomic mass is 79.9. The summed E-state index contributed by atoms with van der Waals surface area (Å²) in [6.45, 7) is 2.23. The van der Waals surface area contributed by atoms with Gasteiger partial charge >= 0.3 is 0 Å². The van der Waals surface area contributed by atoms with Crippen molar-refractivity contribution in [3.05, 3.63) is 0 Å². The summed E-state index contributed by atoms with van der Waals surface area (Å²) < 4.78 is -2.50. The van der Waals surface area contributed by atoms with Gasteiger partial charge in [0.2, 0.25) is 3.42 Å². The van der Waals surface area contributed by atoms with Gasteiger partial charge in [-0.25, -0.2) is 0 Å². The molecule has 0 radical (unpaired) electrons. The molecule has 7 heteroatoms. The zero-order chi connectivity index (χ0) is 15.2. The van der Waals surface area contributed by atoms with Crippen molar-refractivity contribution in [1.82, 2.24) is 0 Å². The van der Waals surface area contributed by atoms with E-state index in [1.165, 1.54) is 38.5 Å². The maximum atomic E-state index is 10.1. The topological polar surface area (TPSA) is 20.2 Å². The van der Waals surface area contributed by atoms with Gasteiger partial charge in [0.15, 0.2) is 3.23 Å². The lowest BCUT2D eigenvalue weighted by Gasteiger charge is -2.40. The van der Waals surface area contributed by atoms with E-state index in [1.54, 1.807) is 0 Å². The smallest absolute Gasteiger partial charge is 0.202 e. The van der Waals surface area contributed by atoms with Crippen LogP contribution in [-0.2, 0) is 0 Å². The molecular weight excluding hydrogens is 640 g/mol. The van der Waals surface area contributed by atoms with E-state index in [9.17, 15) is 5.11 Å². The first kappa shape index (κ1) is 21.8. The minimum Gasteiger partial charge on any atom is -0.368 e. The lowest BCUT2D eigenvalue weighted by Crippen LogP contribution is -2.47. The largest absolute Gasteiger partial charge is 0.368 e. The number of unbranched alkanes of at least 4 members (excludes halogenated alkanes) is 6. The monoisotopic (exact) mass is 654 g/mol. The fourth-order valence-corrected chi connectivity index (χ4v) is 4.95. The number of halogens is 6. The third-order valence-corrected chi connectivity index (χ3v) is 12.9. The molecule has 19 heavy (non-hydrogen) atoms. The van der Waals surface area contributed by atoms with Crippen LogP contribution in [0.25, 0.3) is 0 Å². The van der Waals surface area contributed by atoms with Gasteiger partial charge in [-0.1, -0.05) is 116 Å². The van der Waals surface area contributed by atoms with Crippen molar-refractivity contribution >= 4 is 95.6 Å². The summed E-state index contributed by atoms with van der Waals surface area (Å²) in [7, 11) is 0. The first-order valence-corrected chi connectivity index (χ1v) is 11.2. The molecule has 0 saturated heterocycles. The molecule has 0 fully saturated rings. The van der Waals surface area contributed by atoms with E-state index >= 15 is 0 Å². The number of aliphatic hydroxyl groups is 1. The van der Waals surface area contributed by atoms with Gasteiger partial charge in [-0.15, -0.1) is 0 Å². The Morgan fingerprint density at radius 2 is 1.16 bits per heavy atom. The zero-order valence-electron chi connectivity index (χ0n) is 10.9. The van der Waals surface area contributed by atoms with Gasteiger partial charge in [-0.05, 0) is 38.3 Å². The normalized spacial score (nSPS) is 13.9. The number of alkyl halides is 6. The predicted molar refractivity (Wildman–Crippen MR) is 107 cm³/mol. The van der Waals surface area contributed by atoms with Gasteiger partial charge in [0.1, 0.15) is 3.23 Å². The SMILES string of the molecule is CCCCCCCCCC(Br)(Br)C(Br)(Br)C(O)(Br)Br. The van der Waals surface area contributed by atoms with Gasteiger partial charge < -0.3 is 5.11 Å². The summed E-state index contributed by atoms with van der Waals surface area (Å²) >= 11 is 20.7. The van der Waals surface area contributed by atoms with Crippen molar-refractivity contribution in [1.29, 1.82) is 0 Å². The molecule has 0 atom stereocenters. The summed E-state index contributed by atoms with van der Waals surface area (Å²) in [5.41, 5.74) is 0. The van der Waals surface area contributed by atoms with Crippen LogP contribution in [0.5, 0.6) is 0 Å². The van der Waals surface area contributed by atoms with Crippen LogP contribution in [0.3, 0.4) is 0 Å². The van der Waals surface area contributed by atoms with E-state index < -0.39 is 9.89 Å². The zero-order valence-corrected chi connectivity index (χ0v) is 20.4. The molecule has 0 amide bonds. The highest BCUT2D eigenvalue weighted by molar-refractivity contribution is 9.32. The third-order valence-electron chi connectivity index (χ3n) is 2.93. The van der Waals surface area contributed by atoms with Crippen molar-refractivity contribution in [2.24, 2.45) is 0 Å². The molecule has 0 aromatic rings. The predicted octanol–water partition coefficient (Wildman–Crippen LogP) is 7.54. The summed E-state index contributed by atoms with van der Waals surface area (Å²) in [6, 6.07) is 0. The average Bonchev–Trinajstić information content (AvgIpc) is 2.26. The Balaban J connectivity index is 4.04. The second kappa shape index (κ2) is 9.86. The van der Waals surface area contributed by atoms with Crippen molar-refractivity contribution in [2.75, 3.05) is 0 Å². The molecule has 0 spiro atoms. The molecule has 0 bridgehead atoms. The molecule has 0 saturated carbocycles. The van der Waals surface area contributed by atoms with Crippen LogP contribution in [0.4, 0.5) is 0 Å². The van der Waals surface area contributed by atoms with Crippen molar-refractivity contribution in [3.8, 4) is 0 Å². The summed E-state index contributed by atoms with van der Waals surface area (Å²) in [4.78, 5) is 0. The van der Waals surface area contributed by atoms with Crippen LogP contribution in [0.15, 0.2) is 0 Å². The molecule has 0 rings (SSSR count). The van der Waals surface area contributed by atoms with E-state index in [0.29, 0.717) is 0 Å². The molecule has 116 valence electrons. The molecule has 1 N–H and O–H groups in total. The van der Waals surface area contributed by atoms with Crippen LogP contribution in [0.1, 0.15) is 58.3 Å². The maximum Gasteiger partial charge on any atom is 0.202 e. The summed E-state index contributed by atoms with van der Waals surface area (Å²) in [5.74, 6) is 0. The molecule has 0 aliphatic heterocycles. The average molecular weight is 660 g/mol. The van der Waals surface area contributed by atoms with Gasteiger partial charge in [-0.3, -0.25) is 0 Å². The molecule has 1 nitrogen and oxygen atoms in total. The Bertz CT molecular complexity index is 249. The number of hydrogen-bond donors (Lipinski definition) is 1. The molecular formula is C12H20Br6O. The highest BCUT2D eigenvalue weighted by Crippen LogP contribution is 2.60. The Morgan fingerprint density at radius 3 is 1.58 bits per heavy atom. The fraction of sp³-hybridized carbons (Fsp3) is 1.00. The maximum absolute atomic E-state index is 10.1. The van der Waals surface area contributed by atoms with Crippen LogP contribution >= 0.6 is 95.6 Å². The second-order valence-corrected chi connectivity index (χ2v) is 15.3. The second-order valence-electron chi connectivity index (χ2n) is 4.69. The first-order valence-electron chi connectivity index (χ1n) is 6.42. The number of rotatable bonds is 10. The van der Waals surface area contributed by atoms with Crippen molar-refractivity contribution in [3.63, 3.8) is 0 Å². The first-order chi connectivity index (χ1) is 8.56. The minimum atomic E-state index is -1.26. The molecule has 0 heterocycles. The van der Waals surface area contributed by atoms with E-state index in [1.807, 2.05) is 0 Å². The molecule has 0 unspecified atom stereocenters. The van der Waals surface area contributed by atoms with Crippen molar-refractivity contribution < 1.29 is 5.11 Å². The lowest BCUT2D eigenvalue weighted by atomic mass is 10.1. The van der Waals surface area contributed by atoms with Crippen LogP contribution in [0, 0.1) is 0 Å².